The third-order valence-electron chi connectivity index (χ3n) is 1.71. The van der Waals surface area contributed by atoms with Gasteiger partial charge in [-0.1, -0.05) is 12.2 Å². The maximum absolute atomic E-state index is 13.1. The molecule has 0 aliphatic carbocycles. The first-order valence-corrected chi connectivity index (χ1v) is 4.23. The summed E-state index contributed by atoms with van der Waals surface area (Å²) in [6, 6.07) is -4.64. The van der Waals surface area contributed by atoms with Crippen LogP contribution in [0.25, 0.3) is 0 Å². The van der Waals surface area contributed by atoms with E-state index in [0.29, 0.717) is 0 Å². The Bertz CT molecular complexity index is 237. The van der Waals surface area contributed by atoms with Crippen LogP contribution < -0.4 is 0 Å². The lowest BCUT2D eigenvalue weighted by atomic mass is 10.2. The lowest BCUT2D eigenvalue weighted by Gasteiger charge is -2.32. The van der Waals surface area contributed by atoms with E-state index in [0.717, 1.165) is 12.2 Å². The van der Waals surface area contributed by atoms with E-state index in [2.05, 4.69) is 13.2 Å². The van der Waals surface area contributed by atoms with Gasteiger partial charge in [-0.05, 0) is 0 Å². The molecule has 0 rings (SSSR count). The van der Waals surface area contributed by atoms with Crippen molar-refractivity contribution in [1.82, 2.24) is 4.90 Å². The van der Waals surface area contributed by atoms with Crippen LogP contribution in [0.3, 0.4) is 0 Å². The lowest BCUT2D eigenvalue weighted by Crippen LogP contribution is -2.54. The molecule has 0 fully saturated rings. The molecule has 16 heavy (non-hydrogen) atoms. The summed E-state index contributed by atoms with van der Waals surface area (Å²) in [6.45, 7) is 5.06. The van der Waals surface area contributed by atoms with E-state index in [-0.39, 0.29) is 4.90 Å². The first-order valence-electron chi connectivity index (χ1n) is 4.23. The number of nitrogens with zero attached hydrogens (tertiary/aromatic N) is 1. The van der Waals surface area contributed by atoms with E-state index < -0.39 is 31.5 Å². The molecule has 0 aromatic heterocycles. The fourth-order valence-electron chi connectivity index (χ4n) is 0.987. The van der Waals surface area contributed by atoms with Gasteiger partial charge in [-0.3, -0.25) is 0 Å². The molecule has 0 N–H and O–H groups in total. The molecular weight excluding hydrogens is 236 g/mol. The van der Waals surface area contributed by atoms with E-state index in [1.807, 2.05) is 0 Å². The van der Waals surface area contributed by atoms with Crippen molar-refractivity contribution in [2.24, 2.45) is 0 Å². The summed E-state index contributed by atoms with van der Waals surface area (Å²) < 4.78 is 74.3. The number of hydrogen-bond donors (Lipinski definition) is 0. The largest absolute Gasteiger partial charge is 0.427 e. The fourth-order valence-corrected chi connectivity index (χ4v) is 0.987. The quantitative estimate of drug-likeness (QED) is 0.396. The number of hydrogen-bond acceptors (Lipinski definition) is 1. The zero-order valence-corrected chi connectivity index (χ0v) is 8.28. The third-order valence-corrected chi connectivity index (χ3v) is 1.71. The highest BCUT2D eigenvalue weighted by Crippen LogP contribution is 2.37. The molecule has 0 saturated heterocycles. The molecule has 0 aliphatic rings. The minimum absolute atomic E-state index is 0.00512. The average molecular weight is 247 g/mol. The molecule has 0 heterocycles. The van der Waals surface area contributed by atoms with Crippen LogP contribution in [0.2, 0.25) is 0 Å². The molecule has 0 radical (unpaired) electrons. The summed E-state index contributed by atoms with van der Waals surface area (Å²) in [5, 5.41) is 0. The van der Waals surface area contributed by atoms with E-state index >= 15 is 0 Å². The standard InChI is InChI=1S/C9H11F6N/c1-3-5-16(6-4-2)9(14,15)7(10)8(11,12)13/h3-4,7H,1-2,5-6H2. The highest BCUT2D eigenvalue weighted by Gasteiger charge is 2.59. The summed E-state index contributed by atoms with van der Waals surface area (Å²) in [4.78, 5) is 0.00512. The Kier molecular flexibility index (Phi) is 5.05. The van der Waals surface area contributed by atoms with Crippen LogP contribution in [-0.4, -0.2) is 36.4 Å². The molecule has 0 aromatic rings. The number of halogens is 6. The predicted octanol–water partition coefficient (Wildman–Crippen LogP) is 3.15. The Morgan fingerprint density at radius 2 is 1.38 bits per heavy atom. The van der Waals surface area contributed by atoms with Gasteiger partial charge in [0.25, 0.3) is 6.17 Å². The van der Waals surface area contributed by atoms with E-state index in [9.17, 15) is 26.3 Å². The van der Waals surface area contributed by atoms with Crippen molar-refractivity contribution in [3.63, 3.8) is 0 Å². The third kappa shape index (κ3) is 3.55. The van der Waals surface area contributed by atoms with Crippen molar-refractivity contribution >= 4 is 0 Å². The van der Waals surface area contributed by atoms with Gasteiger partial charge in [0, 0.05) is 13.1 Å². The molecule has 0 spiro atoms. The molecule has 0 aliphatic heterocycles. The van der Waals surface area contributed by atoms with E-state index in [4.69, 9.17) is 0 Å². The molecule has 1 nitrogen and oxygen atoms in total. The molecule has 0 bridgehead atoms. The minimum atomic E-state index is -5.61. The smallest absolute Gasteiger partial charge is 0.234 e. The maximum atomic E-state index is 13.1. The second-order valence-electron chi connectivity index (χ2n) is 2.97. The summed E-state index contributed by atoms with van der Waals surface area (Å²) >= 11 is 0. The normalized spacial score (nSPS) is 14.9. The predicted molar refractivity (Wildman–Crippen MR) is 47.9 cm³/mol. The van der Waals surface area contributed by atoms with Crippen LogP contribution in [0.15, 0.2) is 25.3 Å². The van der Waals surface area contributed by atoms with Gasteiger partial charge in [0.15, 0.2) is 0 Å². The summed E-state index contributed by atoms with van der Waals surface area (Å²) in [7, 11) is 0. The highest BCUT2D eigenvalue weighted by molar-refractivity contribution is 4.90. The summed E-state index contributed by atoms with van der Waals surface area (Å²) in [5.74, 6) is 0. The van der Waals surface area contributed by atoms with Crippen molar-refractivity contribution in [1.29, 1.82) is 0 Å². The SMILES string of the molecule is C=CCN(CC=C)C(F)(F)C(F)C(F)(F)F. The summed E-state index contributed by atoms with van der Waals surface area (Å²) in [6.07, 6.45) is -7.93. The van der Waals surface area contributed by atoms with Crippen molar-refractivity contribution in [2.75, 3.05) is 13.1 Å². The Labute approximate surface area is 89.0 Å². The second-order valence-corrected chi connectivity index (χ2v) is 2.97. The van der Waals surface area contributed by atoms with Gasteiger partial charge in [-0.2, -0.15) is 22.0 Å². The highest BCUT2D eigenvalue weighted by atomic mass is 19.4. The van der Waals surface area contributed by atoms with Crippen LogP contribution in [0.4, 0.5) is 26.3 Å². The molecule has 0 amide bonds. The van der Waals surface area contributed by atoms with Crippen molar-refractivity contribution in [3.8, 4) is 0 Å². The van der Waals surface area contributed by atoms with Gasteiger partial charge >= 0.3 is 12.2 Å². The van der Waals surface area contributed by atoms with Crippen LogP contribution >= 0.6 is 0 Å². The van der Waals surface area contributed by atoms with Crippen LogP contribution in [-0.2, 0) is 0 Å². The van der Waals surface area contributed by atoms with E-state index in [1.165, 1.54) is 0 Å². The zero-order valence-electron chi connectivity index (χ0n) is 8.28. The van der Waals surface area contributed by atoms with Crippen LogP contribution in [0, 0.1) is 0 Å². The van der Waals surface area contributed by atoms with Crippen LogP contribution in [0.5, 0.6) is 0 Å². The Balaban J connectivity index is 4.95. The first-order chi connectivity index (χ1) is 7.17. The van der Waals surface area contributed by atoms with Gasteiger partial charge in [0.1, 0.15) is 0 Å². The van der Waals surface area contributed by atoms with Gasteiger partial charge in [0.05, 0.1) is 0 Å². The molecular formula is C9H11F6N. The fraction of sp³-hybridized carbons (Fsp3) is 0.556. The summed E-state index contributed by atoms with van der Waals surface area (Å²) in [5.41, 5.74) is 0. The van der Waals surface area contributed by atoms with Crippen molar-refractivity contribution in [3.05, 3.63) is 25.3 Å². The topological polar surface area (TPSA) is 3.24 Å². The molecule has 1 unspecified atom stereocenters. The van der Waals surface area contributed by atoms with Gasteiger partial charge in [-0.25, -0.2) is 9.29 Å². The Hall–Kier alpha value is -0.980. The zero-order chi connectivity index (χ0) is 13.0. The van der Waals surface area contributed by atoms with Gasteiger partial charge in [0.2, 0.25) is 0 Å². The minimum Gasteiger partial charge on any atom is -0.234 e. The maximum Gasteiger partial charge on any atom is 0.427 e. The molecule has 0 aromatic carbocycles. The Morgan fingerprint density at radius 1 is 1.00 bits per heavy atom. The number of rotatable bonds is 6. The number of alkyl halides is 6. The van der Waals surface area contributed by atoms with Gasteiger partial charge < -0.3 is 0 Å². The molecule has 1 atom stereocenters. The molecule has 0 saturated carbocycles. The first kappa shape index (κ1) is 15.0. The monoisotopic (exact) mass is 247 g/mol. The second kappa shape index (κ2) is 5.38. The van der Waals surface area contributed by atoms with Gasteiger partial charge in [-0.15, -0.1) is 13.2 Å². The van der Waals surface area contributed by atoms with Crippen molar-refractivity contribution in [2.45, 2.75) is 18.4 Å². The van der Waals surface area contributed by atoms with Crippen LogP contribution in [0.1, 0.15) is 0 Å². The van der Waals surface area contributed by atoms with E-state index in [1.54, 1.807) is 0 Å². The lowest BCUT2D eigenvalue weighted by molar-refractivity contribution is -0.285. The Morgan fingerprint density at radius 3 is 1.62 bits per heavy atom. The average Bonchev–Trinajstić information content (AvgIpc) is 2.15. The van der Waals surface area contributed by atoms with Crippen molar-refractivity contribution < 1.29 is 26.3 Å². The molecule has 94 valence electrons. The molecule has 7 heteroatoms.